The molecule has 11 nitrogen and oxygen atoms in total. The van der Waals surface area contributed by atoms with Crippen LogP contribution in [0.1, 0.15) is 59.0 Å². The van der Waals surface area contributed by atoms with Crippen LogP contribution in [0.25, 0.3) is 0 Å². The number of likely N-dealkylation sites (tertiary alicyclic amines) is 1. The highest BCUT2D eigenvalue weighted by atomic mass is 16.5. The van der Waals surface area contributed by atoms with Gasteiger partial charge in [0.2, 0.25) is 5.91 Å². The van der Waals surface area contributed by atoms with Crippen LogP contribution in [0.2, 0.25) is 0 Å². The van der Waals surface area contributed by atoms with Crippen molar-refractivity contribution in [2.24, 2.45) is 5.92 Å². The zero-order valence-electron chi connectivity index (χ0n) is 24.3. The molecule has 2 N–H and O–H groups in total. The second-order valence-electron chi connectivity index (χ2n) is 11.3. The minimum Gasteiger partial charge on any atom is -0.493 e. The predicted octanol–water partition coefficient (Wildman–Crippen LogP) is 3.53. The molecule has 226 valence electrons. The highest BCUT2D eigenvalue weighted by molar-refractivity contribution is 5.95. The number of hydrogen-bond acceptors (Lipinski definition) is 7. The minimum absolute atomic E-state index is 0.0752. The van der Waals surface area contributed by atoms with Gasteiger partial charge in [-0.05, 0) is 68.0 Å². The van der Waals surface area contributed by atoms with Crippen LogP contribution < -0.4 is 20.1 Å². The molecular formula is C32H37N5O6. The van der Waals surface area contributed by atoms with Crippen molar-refractivity contribution in [3.8, 4) is 17.2 Å². The van der Waals surface area contributed by atoms with Crippen molar-refractivity contribution in [3.63, 3.8) is 0 Å². The van der Waals surface area contributed by atoms with Crippen molar-refractivity contribution in [1.82, 2.24) is 25.3 Å². The van der Waals surface area contributed by atoms with Crippen LogP contribution in [-0.4, -0.2) is 70.8 Å². The van der Waals surface area contributed by atoms with Gasteiger partial charge in [-0.2, -0.15) is 5.10 Å². The second kappa shape index (κ2) is 12.9. The van der Waals surface area contributed by atoms with E-state index < -0.39 is 6.04 Å². The third-order valence-corrected chi connectivity index (χ3v) is 7.93. The molecule has 0 spiro atoms. The Hall–Kier alpha value is -4.38. The summed E-state index contributed by atoms with van der Waals surface area (Å²) in [4.78, 5) is 41.0. The van der Waals surface area contributed by atoms with Crippen LogP contribution in [0.3, 0.4) is 0 Å². The van der Waals surface area contributed by atoms with Crippen molar-refractivity contribution in [1.29, 1.82) is 0 Å². The van der Waals surface area contributed by atoms with Crippen molar-refractivity contribution in [3.05, 3.63) is 71.5 Å². The summed E-state index contributed by atoms with van der Waals surface area (Å²) in [5.74, 6) is 1.47. The number of aromatic nitrogens is 2. The highest BCUT2D eigenvalue weighted by Crippen LogP contribution is 2.32. The van der Waals surface area contributed by atoms with Gasteiger partial charge in [0.1, 0.15) is 22.9 Å². The van der Waals surface area contributed by atoms with E-state index in [1.54, 1.807) is 40.0 Å². The van der Waals surface area contributed by atoms with Gasteiger partial charge in [-0.3, -0.25) is 19.1 Å². The molecule has 4 bridgehead atoms. The number of piperidine rings is 1. The molecule has 2 atom stereocenters. The number of nitrogens with zero attached hydrogens (tertiary/aromatic N) is 3. The Morgan fingerprint density at radius 1 is 1.09 bits per heavy atom. The molecule has 0 radical (unpaired) electrons. The lowest BCUT2D eigenvalue weighted by molar-refractivity contribution is -0.124. The van der Waals surface area contributed by atoms with Crippen molar-refractivity contribution in [2.45, 2.75) is 57.9 Å². The average Bonchev–Trinajstić information content (AvgIpc) is 3.72. The summed E-state index contributed by atoms with van der Waals surface area (Å²) < 4.78 is 20.2. The molecule has 2 fully saturated rings. The van der Waals surface area contributed by atoms with Gasteiger partial charge >= 0.3 is 0 Å². The quantitative estimate of drug-likeness (QED) is 0.468. The van der Waals surface area contributed by atoms with Crippen LogP contribution in [-0.2, 0) is 22.7 Å². The number of carbonyl (C=O) groups excluding carboxylic acids is 3. The minimum atomic E-state index is -0.425. The normalized spacial score (nSPS) is 21.1. The monoisotopic (exact) mass is 587 g/mol. The number of nitrogens with one attached hydrogen (secondary N) is 2. The smallest absolute Gasteiger partial charge is 0.274 e. The number of rotatable bonds is 5. The van der Waals surface area contributed by atoms with Gasteiger partial charge in [0.25, 0.3) is 11.8 Å². The standard InChI is InChI=1S/C32H37N5O6/c1-2-37-13-9-27(35-37)32(40)36-12-10-29-28(18-36)34-30(38)8-11-33-31(39)23-15-25(41-19-21-6-7-21)17-26(16-23)43-24-5-3-4-22(14-24)20-42-29/h3-5,9,13-17,21,28-29H,2,6-8,10-12,18-20H2,1H3,(H,33,39)(H,34,38)/t28-,29+/m0/s1. The summed E-state index contributed by atoms with van der Waals surface area (Å²) in [6, 6.07) is 14.0. The van der Waals surface area contributed by atoms with E-state index in [-0.39, 0.29) is 36.8 Å². The van der Waals surface area contributed by atoms with Crippen molar-refractivity contribution < 1.29 is 28.6 Å². The Kier molecular flexibility index (Phi) is 8.59. The Morgan fingerprint density at radius 2 is 1.98 bits per heavy atom. The molecule has 1 aromatic heterocycles. The lowest BCUT2D eigenvalue weighted by Gasteiger charge is -2.38. The molecule has 1 saturated heterocycles. The third kappa shape index (κ3) is 7.34. The SMILES string of the molecule is CCn1ccc(C(=O)N2CC[C@H]3OCc4cccc(c4)Oc4cc(OCC5CC5)cc(c4)C(=O)NCCC(=O)N[C@H]3C2)n1. The van der Waals surface area contributed by atoms with Gasteiger partial charge in [-0.25, -0.2) is 0 Å². The van der Waals surface area contributed by atoms with Gasteiger partial charge in [0, 0.05) is 50.4 Å². The van der Waals surface area contributed by atoms with Crippen LogP contribution in [0.5, 0.6) is 17.2 Å². The Balaban J connectivity index is 1.21. The summed E-state index contributed by atoms with van der Waals surface area (Å²) in [7, 11) is 0. The first kappa shape index (κ1) is 28.7. The fraction of sp³-hybridized carbons (Fsp3) is 0.438. The molecule has 6 rings (SSSR count). The fourth-order valence-electron chi connectivity index (χ4n) is 5.32. The van der Waals surface area contributed by atoms with E-state index in [1.807, 2.05) is 31.2 Å². The molecule has 3 aromatic rings. The molecule has 1 aliphatic carbocycles. The molecule has 3 amide bonds. The van der Waals surface area contributed by atoms with Crippen LogP contribution in [0.4, 0.5) is 0 Å². The largest absolute Gasteiger partial charge is 0.493 e. The fourth-order valence-corrected chi connectivity index (χ4v) is 5.32. The van der Waals surface area contributed by atoms with Gasteiger partial charge in [0.05, 0.1) is 25.4 Å². The summed E-state index contributed by atoms with van der Waals surface area (Å²) in [5.41, 5.74) is 1.66. The molecule has 43 heavy (non-hydrogen) atoms. The number of fused-ring (bicyclic) bond motifs is 5. The van der Waals surface area contributed by atoms with E-state index in [4.69, 9.17) is 14.2 Å². The maximum absolute atomic E-state index is 13.2. The lowest BCUT2D eigenvalue weighted by atomic mass is 10.0. The zero-order chi connectivity index (χ0) is 29.8. The summed E-state index contributed by atoms with van der Waals surface area (Å²) in [6.45, 7) is 4.45. The third-order valence-electron chi connectivity index (χ3n) is 7.93. The van der Waals surface area contributed by atoms with Gasteiger partial charge < -0.3 is 29.7 Å². The lowest BCUT2D eigenvalue weighted by Crippen LogP contribution is -2.57. The number of benzene rings is 2. The number of carbonyl (C=O) groups is 3. The maximum atomic E-state index is 13.2. The first-order valence-electron chi connectivity index (χ1n) is 15.0. The van der Waals surface area contributed by atoms with Crippen molar-refractivity contribution in [2.75, 3.05) is 26.2 Å². The van der Waals surface area contributed by atoms with E-state index in [2.05, 4.69) is 15.7 Å². The maximum Gasteiger partial charge on any atom is 0.274 e. The highest BCUT2D eigenvalue weighted by Gasteiger charge is 2.34. The van der Waals surface area contributed by atoms with E-state index in [0.717, 1.165) is 18.4 Å². The topological polar surface area (TPSA) is 124 Å². The second-order valence-corrected chi connectivity index (χ2v) is 11.3. The molecular weight excluding hydrogens is 550 g/mol. The molecule has 11 heteroatoms. The number of amides is 3. The molecule has 1 saturated carbocycles. The molecule has 3 heterocycles. The molecule has 2 aromatic carbocycles. The van der Waals surface area contributed by atoms with Crippen LogP contribution >= 0.6 is 0 Å². The summed E-state index contributed by atoms with van der Waals surface area (Å²) in [5, 5.41) is 10.2. The first-order chi connectivity index (χ1) is 20.9. The van der Waals surface area contributed by atoms with Gasteiger partial charge in [0.15, 0.2) is 0 Å². The zero-order valence-corrected chi connectivity index (χ0v) is 24.3. The molecule has 2 aliphatic heterocycles. The first-order valence-corrected chi connectivity index (χ1v) is 15.0. The summed E-state index contributed by atoms with van der Waals surface area (Å²) in [6.07, 6.45) is 4.40. The predicted molar refractivity (Wildman–Crippen MR) is 157 cm³/mol. The number of hydrogen-bond donors (Lipinski definition) is 2. The molecule has 3 aliphatic rings. The Labute approximate surface area is 250 Å². The number of aryl methyl sites for hydroxylation is 1. The Morgan fingerprint density at radius 3 is 2.79 bits per heavy atom. The Bertz CT molecular complexity index is 1480. The summed E-state index contributed by atoms with van der Waals surface area (Å²) >= 11 is 0. The van der Waals surface area contributed by atoms with Crippen LogP contribution in [0.15, 0.2) is 54.7 Å². The van der Waals surface area contributed by atoms with E-state index in [0.29, 0.717) is 73.7 Å². The van der Waals surface area contributed by atoms with E-state index in [1.165, 1.54) is 0 Å². The van der Waals surface area contributed by atoms with E-state index in [9.17, 15) is 14.4 Å². The van der Waals surface area contributed by atoms with Crippen molar-refractivity contribution >= 4 is 17.7 Å². The molecule has 0 unspecified atom stereocenters. The van der Waals surface area contributed by atoms with Gasteiger partial charge in [-0.15, -0.1) is 0 Å². The average molecular weight is 588 g/mol. The van der Waals surface area contributed by atoms with E-state index >= 15 is 0 Å². The number of ether oxygens (including phenoxy) is 3. The van der Waals surface area contributed by atoms with Crippen LogP contribution in [0, 0.1) is 5.92 Å². The van der Waals surface area contributed by atoms with Gasteiger partial charge in [-0.1, -0.05) is 12.1 Å².